The number of likely N-dealkylation sites (N-methyl/N-ethyl adjacent to an activating group) is 1. The number of nitrogens with one attached hydrogen (secondary N) is 2. The monoisotopic (exact) mass is 322 g/mol. The van der Waals surface area contributed by atoms with Gasteiger partial charge >= 0.3 is 0 Å². The van der Waals surface area contributed by atoms with E-state index in [0.29, 0.717) is 11.4 Å². The van der Waals surface area contributed by atoms with Crippen LogP contribution in [0, 0.1) is 0 Å². The molecule has 22 heavy (non-hydrogen) atoms. The zero-order chi connectivity index (χ0) is 14.7. The summed E-state index contributed by atoms with van der Waals surface area (Å²) in [7, 11) is 2.02. The molecule has 0 bridgehead atoms. The van der Waals surface area contributed by atoms with Crippen LogP contribution >= 0.6 is 12.4 Å². The highest BCUT2D eigenvalue weighted by Gasteiger charge is 2.18. The highest BCUT2D eigenvalue weighted by Crippen LogP contribution is 2.11. The van der Waals surface area contributed by atoms with Crippen LogP contribution in [0.2, 0.25) is 0 Å². The van der Waals surface area contributed by atoms with E-state index >= 15 is 0 Å². The van der Waals surface area contributed by atoms with Crippen LogP contribution in [0.1, 0.15) is 18.7 Å². The molecule has 1 aliphatic rings. The molecule has 1 saturated heterocycles. The van der Waals surface area contributed by atoms with E-state index in [1.54, 1.807) is 0 Å². The van der Waals surface area contributed by atoms with Gasteiger partial charge in [-0.15, -0.1) is 12.4 Å². The topological polar surface area (TPSA) is 61.0 Å². The number of para-hydroxylation sites is 1. The fraction of sp³-hybridized carbons (Fsp3) is 0.500. The Bertz CT molecular complexity index is 672. The summed E-state index contributed by atoms with van der Waals surface area (Å²) in [5.41, 5.74) is 0.741. The molecule has 2 heterocycles. The Morgan fingerprint density at radius 2 is 2.23 bits per heavy atom. The molecule has 2 aromatic rings. The standard InChI is InChI=1S/C16H22N4O.ClH/c1-17-12-5-4-9-20(11-12)10-8-15-18-14-7-3-2-6-13(14)16(21)19-15;/h2-3,6-7,12,17H,4-5,8-11H2,1H3,(H,18,19,21);1H. The van der Waals surface area contributed by atoms with Gasteiger partial charge in [0.25, 0.3) is 5.56 Å². The second-order valence-electron chi connectivity index (χ2n) is 5.71. The normalized spacial score (nSPS) is 19.0. The number of nitrogens with zero attached hydrogens (tertiary/aromatic N) is 2. The Labute approximate surface area is 136 Å². The van der Waals surface area contributed by atoms with Gasteiger partial charge < -0.3 is 15.2 Å². The Hall–Kier alpha value is -1.43. The van der Waals surface area contributed by atoms with Crippen molar-refractivity contribution in [1.29, 1.82) is 0 Å². The van der Waals surface area contributed by atoms with Gasteiger partial charge in [0, 0.05) is 25.6 Å². The molecule has 0 radical (unpaired) electrons. The SMILES string of the molecule is CNC1CCCN(CCc2nc3ccccc3c(=O)[nH]2)C1.Cl. The average molecular weight is 323 g/mol. The molecule has 0 saturated carbocycles. The number of halogens is 1. The van der Waals surface area contributed by atoms with E-state index in [1.165, 1.54) is 12.8 Å². The lowest BCUT2D eigenvalue weighted by molar-refractivity contribution is 0.196. The molecule has 0 aliphatic carbocycles. The summed E-state index contributed by atoms with van der Waals surface area (Å²) in [6, 6.07) is 8.08. The van der Waals surface area contributed by atoms with Crippen LogP contribution in [0.25, 0.3) is 10.9 Å². The second kappa shape index (κ2) is 7.72. The maximum absolute atomic E-state index is 12.0. The maximum atomic E-state index is 12.0. The molecule has 1 aromatic carbocycles. The van der Waals surface area contributed by atoms with Crippen molar-refractivity contribution in [3.63, 3.8) is 0 Å². The summed E-state index contributed by atoms with van der Waals surface area (Å²) in [4.78, 5) is 21.9. The lowest BCUT2D eigenvalue weighted by Gasteiger charge is -2.32. The number of hydrogen-bond donors (Lipinski definition) is 2. The van der Waals surface area contributed by atoms with Gasteiger partial charge in [-0.25, -0.2) is 4.98 Å². The third-order valence-corrected chi connectivity index (χ3v) is 4.24. The number of aromatic nitrogens is 2. The van der Waals surface area contributed by atoms with Crippen molar-refractivity contribution in [3.05, 3.63) is 40.4 Å². The van der Waals surface area contributed by atoms with Crippen LogP contribution in [-0.4, -0.2) is 47.6 Å². The molecule has 1 atom stereocenters. The average Bonchev–Trinajstić information content (AvgIpc) is 2.53. The number of piperidine rings is 1. The number of fused-ring (bicyclic) bond motifs is 1. The van der Waals surface area contributed by atoms with Crippen LogP contribution in [-0.2, 0) is 6.42 Å². The van der Waals surface area contributed by atoms with Crippen LogP contribution in [0.4, 0.5) is 0 Å². The van der Waals surface area contributed by atoms with E-state index in [1.807, 2.05) is 31.3 Å². The molecule has 2 N–H and O–H groups in total. The van der Waals surface area contributed by atoms with Crippen LogP contribution < -0.4 is 10.9 Å². The van der Waals surface area contributed by atoms with Gasteiger partial charge in [0.2, 0.25) is 0 Å². The fourth-order valence-electron chi connectivity index (χ4n) is 3.01. The van der Waals surface area contributed by atoms with Gasteiger partial charge in [0.05, 0.1) is 10.9 Å². The maximum Gasteiger partial charge on any atom is 0.258 e. The highest BCUT2D eigenvalue weighted by atomic mass is 35.5. The summed E-state index contributed by atoms with van der Waals surface area (Å²) in [6.07, 6.45) is 3.27. The minimum atomic E-state index is -0.0395. The molecule has 0 spiro atoms. The number of benzene rings is 1. The summed E-state index contributed by atoms with van der Waals surface area (Å²) in [5.74, 6) is 0.783. The highest BCUT2D eigenvalue weighted by molar-refractivity contribution is 5.85. The fourth-order valence-corrected chi connectivity index (χ4v) is 3.01. The van der Waals surface area contributed by atoms with E-state index in [2.05, 4.69) is 20.2 Å². The smallest absolute Gasteiger partial charge is 0.258 e. The lowest BCUT2D eigenvalue weighted by atomic mass is 10.1. The van der Waals surface area contributed by atoms with Crippen molar-refractivity contribution >= 4 is 23.3 Å². The molecule has 120 valence electrons. The van der Waals surface area contributed by atoms with Gasteiger partial charge in [0.15, 0.2) is 0 Å². The molecule has 1 aromatic heterocycles. The third-order valence-electron chi connectivity index (χ3n) is 4.24. The van der Waals surface area contributed by atoms with Crippen molar-refractivity contribution in [1.82, 2.24) is 20.2 Å². The molecular weight excluding hydrogens is 300 g/mol. The Kier molecular flexibility index (Phi) is 5.94. The van der Waals surface area contributed by atoms with Gasteiger partial charge in [-0.2, -0.15) is 0 Å². The minimum Gasteiger partial charge on any atom is -0.316 e. The first-order valence-corrected chi connectivity index (χ1v) is 7.64. The van der Waals surface area contributed by atoms with Crippen molar-refractivity contribution < 1.29 is 0 Å². The quantitative estimate of drug-likeness (QED) is 0.897. The molecule has 5 nitrogen and oxygen atoms in total. The second-order valence-corrected chi connectivity index (χ2v) is 5.71. The first-order valence-electron chi connectivity index (χ1n) is 7.64. The predicted molar refractivity (Wildman–Crippen MR) is 91.8 cm³/mol. The molecule has 0 amide bonds. The summed E-state index contributed by atoms with van der Waals surface area (Å²) < 4.78 is 0. The minimum absolute atomic E-state index is 0. The molecule has 1 fully saturated rings. The number of H-pyrrole nitrogens is 1. The number of rotatable bonds is 4. The van der Waals surface area contributed by atoms with E-state index in [4.69, 9.17) is 0 Å². The first kappa shape index (κ1) is 16.9. The summed E-state index contributed by atoms with van der Waals surface area (Å²) in [5, 5.41) is 4.01. The Balaban J connectivity index is 0.00000176. The molecular formula is C16H23ClN4O. The Morgan fingerprint density at radius 3 is 3.05 bits per heavy atom. The zero-order valence-corrected chi connectivity index (χ0v) is 13.7. The lowest BCUT2D eigenvalue weighted by Crippen LogP contribution is -2.45. The van der Waals surface area contributed by atoms with Crippen molar-refractivity contribution in [3.8, 4) is 0 Å². The number of aromatic amines is 1. The van der Waals surface area contributed by atoms with E-state index in [9.17, 15) is 4.79 Å². The van der Waals surface area contributed by atoms with Gasteiger partial charge in [0.1, 0.15) is 5.82 Å². The predicted octanol–water partition coefficient (Wildman–Crippen LogP) is 1.57. The van der Waals surface area contributed by atoms with Gasteiger partial charge in [-0.1, -0.05) is 12.1 Å². The molecule has 3 rings (SSSR count). The summed E-state index contributed by atoms with van der Waals surface area (Å²) >= 11 is 0. The zero-order valence-electron chi connectivity index (χ0n) is 12.8. The molecule has 1 aliphatic heterocycles. The number of hydrogen-bond acceptors (Lipinski definition) is 4. The Morgan fingerprint density at radius 1 is 1.41 bits per heavy atom. The van der Waals surface area contributed by atoms with Crippen LogP contribution in [0.5, 0.6) is 0 Å². The van der Waals surface area contributed by atoms with Crippen molar-refractivity contribution in [2.75, 3.05) is 26.7 Å². The molecule has 1 unspecified atom stereocenters. The first-order chi connectivity index (χ1) is 10.3. The van der Waals surface area contributed by atoms with Gasteiger partial charge in [-0.3, -0.25) is 4.79 Å². The largest absolute Gasteiger partial charge is 0.316 e. The van der Waals surface area contributed by atoms with E-state index in [-0.39, 0.29) is 18.0 Å². The summed E-state index contributed by atoms with van der Waals surface area (Å²) in [6.45, 7) is 3.16. The van der Waals surface area contributed by atoms with E-state index in [0.717, 1.165) is 37.4 Å². The van der Waals surface area contributed by atoms with E-state index < -0.39 is 0 Å². The third kappa shape index (κ3) is 3.85. The van der Waals surface area contributed by atoms with Crippen LogP contribution in [0.15, 0.2) is 29.1 Å². The van der Waals surface area contributed by atoms with Crippen LogP contribution in [0.3, 0.4) is 0 Å². The number of likely N-dealkylation sites (tertiary alicyclic amines) is 1. The van der Waals surface area contributed by atoms with Crippen molar-refractivity contribution in [2.24, 2.45) is 0 Å². The molecule has 6 heteroatoms. The van der Waals surface area contributed by atoms with Gasteiger partial charge in [-0.05, 0) is 38.6 Å². The van der Waals surface area contributed by atoms with Crippen molar-refractivity contribution in [2.45, 2.75) is 25.3 Å².